The number of rotatable bonds is 6. The van der Waals surface area contributed by atoms with Gasteiger partial charge in [-0.25, -0.2) is 4.98 Å². The van der Waals surface area contributed by atoms with Gasteiger partial charge in [-0.3, -0.25) is 0 Å². The molecule has 2 rings (SSSR count). The highest BCUT2D eigenvalue weighted by atomic mass is 32.2. The number of ether oxygens (including phenoxy) is 1. The molecule has 0 amide bonds. The number of thioether (sulfide) groups is 1. The average Bonchev–Trinajstić information content (AvgIpc) is 2.47. The predicted octanol–water partition coefficient (Wildman–Crippen LogP) is 3.10. The third-order valence-corrected chi connectivity index (χ3v) is 3.80. The van der Waals surface area contributed by atoms with E-state index in [1.54, 1.807) is 25.1 Å². The quantitative estimate of drug-likeness (QED) is 0.821. The monoisotopic (exact) mass is 274 g/mol. The molecule has 0 aliphatic heterocycles. The lowest BCUT2D eigenvalue weighted by Gasteiger charge is -2.07. The first kappa shape index (κ1) is 13.9. The van der Waals surface area contributed by atoms with Crippen LogP contribution < -0.4 is 10.1 Å². The summed E-state index contributed by atoms with van der Waals surface area (Å²) in [6.07, 6.45) is 1.75. The molecule has 0 radical (unpaired) electrons. The highest BCUT2D eigenvalue weighted by Gasteiger charge is 2.04. The first-order valence-electron chi connectivity index (χ1n) is 6.17. The Labute approximate surface area is 118 Å². The number of aromatic nitrogens is 1. The highest BCUT2D eigenvalue weighted by Crippen LogP contribution is 2.26. The Morgan fingerprint density at radius 3 is 2.68 bits per heavy atom. The maximum atomic E-state index is 5.25. The molecule has 0 aliphatic carbocycles. The minimum Gasteiger partial charge on any atom is -0.481 e. The Kier molecular flexibility index (Phi) is 5.24. The fourth-order valence-corrected chi connectivity index (χ4v) is 2.66. The van der Waals surface area contributed by atoms with Crippen LogP contribution in [-0.2, 0) is 12.3 Å². The lowest BCUT2D eigenvalue weighted by molar-refractivity contribution is 0.394. The van der Waals surface area contributed by atoms with Gasteiger partial charge in [0.05, 0.1) is 7.11 Å². The van der Waals surface area contributed by atoms with E-state index >= 15 is 0 Å². The largest absolute Gasteiger partial charge is 0.481 e. The Morgan fingerprint density at radius 2 is 2.00 bits per heavy atom. The molecule has 1 heterocycles. The topological polar surface area (TPSA) is 34.2 Å². The van der Waals surface area contributed by atoms with Crippen molar-refractivity contribution in [2.24, 2.45) is 0 Å². The Balaban J connectivity index is 1.98. The molecular weight excluding hydrogens is 256 g/mol. The minimum absolute atomic E-state index is 0.710. The summed E-state index contributed by atoms with van der Waals surface area (Å²) < 4.78 is 5.25. The molecule has 1 N–H and O–H groups in total. The summed E-state index contributed by atoms with van der Waals surface area (Å²) in [5.74, 6) is 1.57. The van der Waals surface area contributed by atoms with E-state index in [9.17, 15) is 0 Å². The molecule has 4 heteroatoms. The van der Waals surface area contributed by atoms with Crippen molar-refractivity contribution in [2.75, 3.05) is 14.2 Å². The summed E-state index contributed by atoms with van der Waals surface area (Å²) in [7, 11) is 3.61. The van der Waals surface area contributed by atoms with E-state index < -0.39 is 0 Å². The Bertz CT molecular complexity index is 514. The van der Waals surface area contributed by atoms with E-state index in [1.165, 1.54) is 10.5 Å². The number of nitrogens with one attached hydrogen (secondary N) is 1. The maximum Gasteiger partial charge on any atom is 0.217 e. The van der Waals surface area contributed by atoms with Crippen molar-refractivity contribution in [3.63, 3.8) is 0 Å². The first-order valence-corrected chi connectivity index (χ1v) is 7.16. The Morgan fingerprint density at radius 1 is 1.21 bits per heavy atom. The summed E-state index contributed by atoms with van der Waals surface area (Å²) in [6.45, 7) is 0.904. The van der Waals surface area contributed by atoms with E-state index in [2.05, 4.69) is 34.6 Å². The van der Waals surface area contributed by atoms with Crippen molar-refractivity contribution in [3.8, 4) is 5.88 Å². The number of methoxy groups -OCH3 is 1. The van der Waals surface area contributed by atoms with Crippen molar-refractivity contribution in [1.29, 1.82) is 0 Å². The summed E-state index contributed by atoms with van der Waals surface area (Å²) in [6, 6.07) is 12.6. The van der Waals surface area contributed by atoms with E-state index in [0.717, 1.165) is 17.9 Å². The molecule has 2 aromatic rings. The molecule has 1 aromatic heterocycles. The molecule has 0 aliphatic rings. The van der Waals surface area contributed by atoms with Crippen molar-refractivity contribution in [2.45, 2.75) is 17.2 Å². The van der Waals surface area contributed by atoms with Gasteiger partial charge in [0.25, 0.3) is 0 Å². The van der Waals surface area contributed by atoms with Crippen LogP contribution in [-0.4, -0.2) is 19.1 Å². The van der Waals surface area contributed by atoms with Gasteiger partial charge in [0.15, 0.2) is 0 Å². The van der Waals surface area contributed by atoms with Crippen molar-refractivity contribution in [3.05, 3.63) is 53.7 Å². The van der Waals surface area contributed by atoms with Crippen molar-refractivity contribution < 1.29 is 4.74 Å². The number of pyridine rings is 1. The van der Waals surface area contributed by atoms with Gasteiger partial charge < -0.3 is 10.1 Å². The summed E-state index contributed by atoms with van der Waals surface area (Å²) >= 11 is 1.79. The van der Waals surface area contributed by atoms with Crippen LogP contribution in [0.3, 0.4) is 0 Å². The zero-order valence-corrected chi connectivity index (χ0v) is 12.0. The standard InChI is InChI=1S/C15H18N2OS/c1-16-10-12-5-7-14(8-6-12)19-11-13-4-3-9-17-15(13)18-2/h3-9,16H,10-11H2,1-2H3. The van der Waals surface area contributed by atoms with E-state index in [0.29, 0.717) is 5.88 Å². The second kappa shape index (κ2) is 7.16. The molecule has 0 bridgehead atoms. The van der Waals surface area contributed by atoms with Crippen LogP contribution in [0.25, 0.3) is 0 Å². The third kappa shape index (κ3) is 3.98. The van der Waals surface area contributed by atoms with Gasteiger partial charge in [-0.2, -0.15) is 0 Å². The maximum absolute atomic E-state index is 5.25. The fraction of sp³-hybridized carbons (Fsp3) is 0.267. The molecule has 0 atom stereocenters. The lowest BCUT2D eigenvalue weighted by Crippen LogP contribution is -2.04. The van der Waals surface area contributed by atoms with Gasteiger partial charge in [0, 0.05) is 29.0 Å². The molecule has 100 valence electrons. The number of hydrogen-bond donors (Lipinski definition) is 1. The normalized spacial score (nSPS) is 10.4. The highest BCUT2D eigenvalue weighted by molar-refractivity contribution is 7.98. The van der Waals surface area contributed by atoms with Crippen LogP contribution in [0.1, 0.15) is 11.1 Å². The molecule has 3 nitrogen and oxygen atoms in total. The third-order valence-electron chi connectivity index (χ3n) is 2.74. The van der Waals surface area contributed by atoms with Gasteiger partial charge in [0.1, 0.15) is 0 Å². The minimum atomic E-state index is 0.710. The van der Waals surface area contributed by atoms with Crippen molar-refractivity contribution >= 4 is 11.8 Å². The van der Waals surface area contributed by atoms with Gasteiger partial charge >= 0.3 is 0 Å². The van der Waals surface area contributed by atoms with Crippen LogP contribution >= 0.6 is 11.8 Å². The van der Waals surface area contributed by atoms with Gasteiger partial charge in [-0.15, -0.1) is 11.8 Å². The average molecular weight is 274 g/mol. The molecule has 1 aromatic carbocycles. The first-order chi connectivity index (χ1) is 9.33. The second-order valence-corrected chi connectivity index (χ2v) is 5.18. The van der Waals surface area contributed by atoms with Crippen LogP contribution in [0.4, 0.5) is 0 Å². The van der Waals surface area contributed by atoms with E-state index in [1.807, 2.05) is 19.2 Å². The molecule has 0 saturated carbocycles. The molecular formula is C15H18N2OS. The van der Waals surface area contributed by atoms with E-state index in [4.69, 9.17) is 4.74 Å². The van der Waals surface area contributed by atoms with Crippen LogP contribution in [0, 0.1) is 0 Å². The summed E-state index contributed by atoms with van der Waals surface area (Å²) in [5, 5.41) is 3.14. The zero-order chi connectivity index (χ0) is 13.5. The molecule has 19 heavy (non-hydrogen) atoms. The van der Waals surface area contributed by atoms with Crippen LogP contribution in [0.5, 0.6) is 5.88 Å². The second-order valence-electron chi connectivity index (χ2n) is 4.13. The van der Waals surface area contributed by atoms with Gasteiger partial charge in [-0.05, 0) is 30.8 Å². The zero-order valence-electron chi connectivity index (χ0n) is 11.2. The van der Waals surface area contributed by atoms with Gasteiger partial charge in [0.2, 0.25) is 5.88 Å². The van der Waals surface area contributed by atoms with E-state index in [-0.39, 0.29) is 0 Å². The summed E-state index contributed by atoms with van der Waals surface area (Å²) in [4.78, 5) is 5.46. The fourth-order valence-electron chi connectivity index (χ4n) is 1.79. The lowest BCUT2D eigenvalue weighted by atomic mass is 10.2. The van der Waals surface area contributed by atoms with Crippen molar-refractivity contribution in [1.82, 2.24) is 10.3 Å². The number of hydrogen-bond acceptors (Lipinski definition) is 4. The predicted molar refractivity (Wildman–Crippen MR) is 79.6 cm³/mol. The Hall–Kier alpha value is -1.52. The molecule has 0 saturated heterocycles. The SMILES string of the molecule is CNCc1ccc(SCc2cccnc2OC)cc1. The smallest absolute Gasteiger partial charge is 0.217 e. The number of nitrogens with zero attached hydrogens (tertiary/aromatic N) is 1. The molecule has 0 spiro atoms. The van der Waals surface area contributed by atoms with Crippen LogP contribution in [0.2, 0.25) is 0 Å². The molecule has 0 unspecified atom stereocenters. The molecule has 0 fully saturated rings. The number of benzene rings is 1. The van der Waals surface area contributed by atoms with Crippen LogP contribution in [0.15, 0.2) is 47.5 Å². The summed E-state index contributed by atoms with van der Waals surface area (Å²) in [5.41, 5.74) is 2.42. The van der Waals surface area contributed by atoms with Gasteiger partial charge in [-0.1, -0.05) is 18.2 Å².